The van der Waals surface area contributed by atoms with Crippen molar-refractivity contribution in [1.82, 2.24) is 20.8 Å². The van der Waals surface area contributed by atoms with Crippen LogP contribution >= 0.6 is 0 Å². The summed E-state index contributed by atoms with van der Waals surface area (Å²) in [4.78, 5) is 121. The first kappa shape index (κ1) is 64.3. The third-order valence-electron chi connectivity index (χ3n) is 9.64. The molecular formula is C46H72N4O19S. The molecule has 0 bridgehead atoms. The van der Waals surface area contributed by atoms with Crippen molar-refractivity contribution in [3.05, 3.63) is 35.4 Å². The van der Waals surface area contributed by atoms with Crippen LogP contribution in [0.1, 0.15) is 133 Å². The molecule has 7 N–H and O–H groups in total. The number of ketones is 3. The summed E-state index contributed by atoms with van der Waals surface area (Å²) in [7, 11) is -3.98. The number of hydroxylamine groups is 1. The lowest BCUT2D eigenvalue weighted by atomic mass is 9.95. The van der Waals surface area contributed by atoms with Gasteiger partial charge in [0.2, 0.25) is 33.7 Å². The molecule has 0 fully saturated rings. The second kappa shape index (κ2) is 39.1. The van der Waals surface area contributed by atoms with Crippen molar-refractivity contribution >= 4 is 68.9 Å². The van der Waals surface area contributed by atoms with E-state index in [0.29, 0.717) is 52.0 Å². The molecule has 0 spiro atoms. The largest absolute Gasteiger partial charge is 0.481 e. The van der Waals surface area contributed by atoms with E-state index in [1.807, 2.05) is 45.0 Å². The zero-order valence-electron chi connectivity index (χ0n) is 40.4. The lowest BCUT2D eigenvalue weighted by Gasteiger charge is -2.16. The van der Waals surface area contributed by atoms with Crippen molar-refractivity contribution < 1.29 is 90.7 Å². The number of amides is 4. The quantitative estimate of drug-likeness (QED) is 0.0281. The van der Waals surface area contributed by atoms with Crippen LogP contribution in [0.2, 0.25) is 0 Å². The number of hydrogen-bond acceptors (Lipinski definition) is 16. The van der Waals surface area contributed by atoms with Crippen LogP contribution in [0.5, 0.6) is 0 Å². The Kier molecular flexibility index (Phi) is 35.9. The van der Waals surface area contributed by atoms with Gasteiger partial charge in [0, 0.05) is 83.1 Å². The van der Waals surface area contributed by atoms with Gasteiger partial charge in [-0.25, -0.2) is 18.7 Å². The number of rotatable bonds is 41. The van der Waals surface area contributed by atoms with Crippen molar-refractivity contribution in [3.63, 3.8) is 0 Å². The molecule has 1 aromatic carbocycles. The molecule has 1 unspecified atom stereocenters. The summed E-state index contributed by atoms with van der Waals surface area (Å²) < 4.78 is 41.1. The molecule has 70 heavy (non-hydrogen) atoms. The summed E-state index contributed by atoms with van der Waals surface area (Å²) in [5.74, 6) is -8.05. The summed E-state index contributed by atoms with van der Waals surface area (Å²) in [6.45, 7) is 7.86. The van der Waals surface area contributed by atoms with Crippen molar-refractivity contribution in [2.24, 2.45) is 5.92 Å². The van der Waals surface area contributed by atoms with E-state index in [9.17, 15) is 66.6 Å². The van der Waals surface area contributed by atoms with Gasteiger partial charge in [0.15, 0.2) is 5.78 Å². The monoisotopic (exact) mass is 1020 g/mol. The van der Waals surface area contributed by atoms with Gasteiger partial charge in [-0.15, -0.1) is 0 Å². The molecule has 0 heterocycles. The molecule has 0 aromatic heterocycles. The molecule has 0 aliphatic heterocycles. The Hall–Kier alpha value is -5.69. The van der Waals surface area contributed by atoms with Crippen LogP contribution in [0.3, 0.4) is 0 Å². The van der Waals surface area contributed by atoms with Gasteiger partial charge in [-0.3, -0.25) is 52.7 Å². The van der Waals surface area contributed by atoms with Crippen molar-refractivity contribution in [2.45, 2.75) is 130 Å². The summed E-state index contributed by atoms with van der Waals surface area (Å²) in [6, 6.07) is 6.24. The van der Waals surface area contributed by atoms with Crippen molar-refractivity contribution in [1.29, 1.82) is 0 Å². The molecule has 396 valence electrons. The number of sulfonamides is 1. The Morgan fingerprint density at radius 2 is 1.29 bits per heavy atom. The SMILES string of the molecule is CCCC(=O)CCC(NC(=O)CC[C@H](CC(=O)CCCOCCONC(=O)CCCS(=O)(=O)NC(=O)CCCC(=O)O)C(=O)O)C(=O)O.CCOCCOCC(=O)NCCCC(=O)c1ccc(C)cc1. The van der Waals surface area contributed by atoms with Crippen LogP contribution in [-0.4, -0.2) is 147 Å². The lowest BCUT2D eigenvalue weighted by Crippen LogP contribution is -2.41. The molecular weight excluding hydrogens is 945 g/mol. The average Bonchev–Trinajstić information content (AvgIpc) is 3.28. The zero-order chi connectivity index (χ0) is 52.7. The first-order valence-corrected chi connectivity index (χ1v) is 24.9. The minimum atomic E-state index is -3.98. The maximum absolute atomic E-state index is 12.3. The highest BCUT2D eigenvalue weighted by Crippen LogP contribution is 2.15. The summed E-state index contributed by atoms with van der Waals surface area (Å²) in [6.07, 6.45) is 0.451. The van der Waals surface area contributed by atoms with Crippen LogP contribution in [0.15, 0.2) is 24.3 Å². The van der Waals surface area contributed by atoms with E-state index in [-0.39, 0.29) is 127 Å². The third kappa shape index (κ3) is 36.3. The molecule has 24 heteroatoms. The third-order valence-corrected chi connectivity index (χ3v) is 11.0. The maximum atomic E-state index is 12.3. The molecule has 23 nitrogen and oxygen atoms in total. The van der Waals surface area contributed by atoms with E-state index in [4.69, 9.17) is 24.2 Å². The normalized spacial score (nSPS) is 11.8. The van der Waals surface area contributed by atoms with E-state index in [2.05, 4.69) is 16.1 Å². The molecule has 0 radical (unpaired) electrons. The van der Waals surface area contributed by atoms with Gasteiger partial charge < -0.3 is 40.2 Å². The minimum Gasteiger partial charge on any atom is -0.481 e. The summed E-state index contributed by atoms with van der Waals surface area (Å²) in [5.41, 5.74) is 3.95. The van der Waals surface area contributed by atoms with Crippen LogP contribution in [0, 0.1) is 12.8 Å². The number of aliphatic carboxylic acids is 3. The Morgan fingerprint density at radius 1 is 0.614 bits per heavy atom. The van der Waals surface area contributed by atoms with E-state index in [1.54, 1.807) is 4.72 Å². The van der Waals surface area contributed by atoms with Gasteiger partial charge >= 0.3 is 17.9 Å². The maximum Gasteiger partial charge on any atom is 0.326 e. The Balaban J connectivity index is 0.00000179. The Morgan fingerprint density at radius 3 is 1.93 bits per heavy atom. The number of nitrogens with one attached hydrogen (secondary N) is 4. The number of carboxylic acids is 3. The first-order chi connectivity index (χ1) is 33.2. The zero-order valence-corrected chi connectivity index (χ0v) is 41.2. The predicted octanol–water partition coefficient (Wildman–Crippen LogP) is 2.60. The minimum absolute atomic E-state index is 0.00609. The number of hydrogen-bond donors (Lipinski definition) is 7. The van der Waals surface area contributed by atoms with E-state index in [1.165, 1.54) is 0 Å². The smallest absolute Gasteiger partial charge is 0.326 e. The fourth-order valence-electron chi connectivity index (χ4n) is 5.92. The van der Waals surface area contributed by atoms with Gasteiger partial charge in [0.25, 0.3) is 0 Å². The highest BCUT2D eigenvalue weighted by Gasteiger charge is 2.25. The average molecular weight is 1020 g/mol. The molecule has 4 amide bonds. The number of benzene rings is 1. The number of carbonyl (C=O) groups excluding carboxylic acids is 7. The fraction of sp³-hybridized carbons (Fsp3) is 0.652. The van der Waals surface area contributed by atoms with Crippen molar-refractivity contribution in [2.75, 3.05) is 58.5 Å². The number of carbonyl (C=O) groups is 10. The molecule has 0 aliphatic rings. The molecule has 1 aromatic rings. The summed E-state index contributed by atoms with van der Waals surface area (Å²) >= 11 is 0. The van der Waals surface area contributed by atoms with Gasteiger partial charge in [-0.2, -0.15) is 0 Å². The highest BCUT2D eigenvalue weighted by atomic mass is 32.2. The molecule has 2 atom stereocenters. The summed E-state index contributed by atoms with van der Waals surface area (Å²) in [5, 5.41) is 32.3. The molecule has 0 saturated heterocycles. The lowest BCUT2D eigenvalue weighted by molar-refractivity contribution is -0.145. The van der Waals surface area contributed by atoms with E-state index in [0.717, 1.165) is 11.1 Å². The molecule has 1 rings (SSSR count). The number of aryl methyl sites for hydroxylation is 1. The van der Waals surface area contributed by atoms with Gasteiger partial charge in [0.05, 0.1) is 38.1 Å². The molecule has 0 saturated carbocycles. The van der Waals surface area contributed by atoms with Crippen LogP contribution in [0.4, 0.5) is 0 Å². The topological polar surface area (TPSA) is 351 Å². The standard InChI is InChI=1S/C29H47N3O15S.C17H25NO4/c1-2-6-21(33)12-13-23(29(42)43)30-24(35)14-11-20(28(40)41)19-22(34)7-4-15-46-16-17-47-31-25(36)9-5-18-48(44,45)32-26(37)8-3-10-27(38)39;1-3-21-11-12-22-13-17(20)18-10-4-5-16(19)15-8-6-14(2)7-9-15/h20,23H,2-19H2,1H3,(H,30,35)(H,31,36)(H,32,37)(H,38,39)(H,40,41)(H,42,43);6-9H,3-5,10-13H2,1-2H3,(H,18,20)/t20-,23?;/m1./s1. The second-order valence-corrected chi connectivity index (χ2v) is 17.7. The fourth-order valence-corrected chi connectivity index (χ4v) is 7.00. The molecule has 0 aliphatic carbocycles. The van der Waals surface area contributed by atoms with Crippen LogP contribution in [-0.2, 0) is 72.2 Å². The number of carboxylic acid groups (broad SMARTS) is 3. The highest BCUT2D eigenvalue weighted by molar-refractivity contribution is 7.90. The van der Waals surface area contributed by atoms with Gasteiger partial charge in [0.1, 0.15) is 24.2 Å². The predicted molar refractivity (Wildman–Crippen MR) is 251 cm³/mol. The Bertz CT molecular complexity index is 1910. The van der Waals surface area contributed by atoms with Crippen LogP contribution < -0.4 is 20.8 Å². The first-order valence-electron chi connectivity index (χ1n) is 23.2. The van der Waals surface area contributed by atoms with E-state index < -0.39 is 63.4 Å². The second-order valence-electron chi connectivity index (χ2n) is 15.9. The van der Waals surface area contributed by atoms with Crippen LogP contribution in [0.25, 0.3) is 0 Å². The number of ether oxygens (including phenoxy) is 3. The van der Waals surface area contributed by atoms with Crippen molar-refractivity contribution in [3.8, 4) is 0 Å². The van der Waals surface area contributed by atoms with E-state index >= 15 is 0 Å². The Labute approximate surface area is 408 Å². The van der Waals surface area contributed by atoms with Gasteiger partial charge in [-0.05, 0) is 58.8 Å². The number of Topliss-reactive ketones (excluding diaryl/α,β-unsaturated/α-hetero) is 3. The van der Waals surface area contributed by atoms with Gasteiger partial charge in [-0.1, -0.05) is 36.8 Å².